The minimum absolute atomic E-state index is 0.0451. The first kappa shape index (κ1) is 20.3. The Morgan fingerprint density at radius 1 is 1.00 bits per heavy atom. The van der Waals surface area contributed by atoms with Gasteiger partial charge in [-0.25, -0.2) is 8.42 Å². The van der Waals surface area contributed by atoms with E-state index in [-0.39, 0.29) is 15.5 Å². The Hall–Kier alpha value is -2.41. The number of hydrogen-bond acceptors (Lipinski definition) is 3. The average molecular weight is 417 g/mol. The average Bonchev–Trinajstić information content (AvgIpc) is 2.69. The van der Waals surface area contributed by atoms with E-state index in [9.17, 15) is 13.2 Å². The molecule has 0 saturated heterocycles. The summed E-state index contributed by atoms with van der Waals surface area (Å²) in [7, 11) is -3.69. The summed E-state index contributed by atoms with van der Waals surface area (Å²) in [4.78, 5) is 12.9. The fraction of sp³-hybridized carbons (Fsp3) is 0.190. The van der Waals surface area contributed by atoms with Crippen molar-refractivity contribution in [1.82, 2.24) is 4.31 Å². The third kappa shape index (κ3) is 3.90. The molecule has 0 bridgehead atoms. The fourth-order valence-electron chi connectivity index (χ4n) is 3.08. The zero-order valence-corrected chi connectivity index (χ0v) is 17.2. The molecule has 146 valence electrons. The molecule has 0 aliphatic heterocycles. The highest BCUT2D eigenvalue weighted by molar-refractivity contribution is 7.89. The third-order valence-electron chi connectivity index (χ3n) is 4.56. The molecule has 0 atom stereocenters. The number of amides is 1. The minimum Gasteiger partial charge on any atom is -0.321 e. The van der Waals surface area contributed by atoms with Gasteiger partial charge in [0.25, 0.3) is 5.91 Å². The number of carbonyl (C=O) groups is 1. The molecule has 0 saturated carbocycles. The van der Waals surface area contributed by atoms with E-state index in [1.54, 1.807) is 19.9 Å². The maximum Gasteiger partial charge on any atom is 0.257 e. The summed E-state index contributed by atoms with van der Waals surface area (Å²) in [6, 6.07) is 17.5. The first-order chi connectivity index (χ1) is 13.4. The molecule has 3 rings (SSSR count). The van der Waals surface area contributed by atoms with Crippen molar-refractivity contribution in [1.29, 1.82) is 0 Å². The molecular weight excluding hydrogens is 396 g/mol. The number of carbonyl (C=O) groups excluding carboxylic acids is 1. The second-order valence-electron chi connectivity index (χ2n) is 6.21. The molecule has 0 heterocycles. The number of anilines is 1. The van der Waals surface area contributed by atoms with E-state index >= 15 is 0 Å². The van der Waals surface area contributed by atoms with E-state index in [1.165, 1.54) is 22.5 Å². The van der Waals surface area contributed by atoms with Gasteiger partial charge in [0.1, 0.15) is 0 Å². The number of halogens is 1. The van der Waals surface area contributed by atoms with Gasteiger partial charge in [0.15, 0.2) is 0 Å². The van der Waals surface area contributed by atoms with E-state index in [1.807, 2.05) is 36.4 Å². The van der Waals surface area contributed by atoms with Crippen molar-refractivity contribution in [2.45, 2.75) is 18.7 Å². The zero-order valence-electron chi connectivity index (χ0n) is 15.6. The van der Waals surface area contributed by atoms with Gasteiger partial charge in [-0.2, -0.15) is 4.31 Å². The topological polar surface area (TPSA) is 66.5 Å². The Balaban J connectivity index is 1.98. The van der Waals surface area contributed by atoms with Gasteiger partial charge < -0.3 is 5.32 Å². The fourth-order valence-corrected chi connectivity index (χ4v) is 4.76. The molecule has 5 nitrogen and oxygen atoms in total. The molecular formula is C21H21ClN2O3S. The van der Waals surface area contributed by atoms with Crippen LogP contribution in [0.15, 0.2) is 65.6 Å². The smallest absolute Gasteiger partial charge is 0.257 e. The maximum absolute atomic E-state index is 12.9. The van der Waals surface area contributed by atoms with Crippen molar-refractivity contribution >= 4 is 44.0 Å². The summed E-state index contributed by atoms with van der Waals surface area (Å²) in [5.74, 6) is -0.460. The highest BCUT2D eigenvalue weighted by Crippen LogP contribution is 2.27. The Labute approximate surface area is 170 Å². The molecule has 28 heavy (non-hydrogen) atoms. The van der Waals surface area contributed by atoms with Crippen LogP contribution in [-0.2, 0) is 10.0 Å². The van der Waals surface area contributed by atoms with Crippen LogP contribution in [0.5, 0.6) is 0 Å². The van der Waals surface area contributed by atoms with E-state index in [0.717, 1.165) is 10.8 Å². The van der Waals surface area contributed by atoms with E-state index in [0.29, 0.717) is 18.8 Å². The van der Waals surface area contributed by atoms with Gasteiger partial charge in [-0.15, -0.1) is 0 Å². The lowest BCUT2D eigenvalue weighted by molar-refractivity contribution is 0.102. The van der Waals surface area contributed by atoms with Crippen molar-refractivity contribution in [3.63, 3.8) is 0 Å². The van der Waals surface area contributed by atoms with E-state index in [2.05, 4.69) is 5.32 Å². The van der Waals surface area contributed by atoms with Crippen LogP contribution in [-0.4, -0.2) is 31.7 Å². The van der Waals surface area contributed by atoms with Crippen LogP contribution in [0, 0.1) is 0 Å². The van der Waals surface area contributed by atoms with Crippen LogP contribution in [0.3, 0.4) is 0 Å². The van der Waals surface area contributed by atoms with Crippen LogP contribution in [0.2, 0.25) is 5.02 Å². The molecule has 0 spiro atoms. The summed E-state index contributed by atoms with van der Waals surface area (Å²) in [6.45, 7) is 4.23. The van der Waals surface area contributed by atoms with Crippen LogP contribution in [0.1, 0.15) is 24.2 Å². The zero-order chi connectivity index (χ0) is 20.3. The number of benzene rings is 3. The monoisotopic (exact) mass is 416 g/mol. The normalized spacial score (nSPS) is 11.7. The number of rotatable bonds is 6. The van der Waals surface area contributed by atoms with Gasteiger partial charge in [0, 0.05) is 24.2 Å². The van der Waals surface area contributed by atoms with Gasteiger partial charge in [0.2, 0.25) is 10.0 Å². The van der Waals surface area contributed by atoms with Gasteiger partial charge in [-0.1, -0.05) is 61.8 Å². The van der Waals surface area contributed by atoms with Gasteiger partial charge in [-0.3, -0.25) is 4.79 Å². The van der Waals surface area contributed by atoms with Crippen LogP contribution in [0.25, 0.3) is 10.8 Å². The predicted molar refractivity (Wildman–Crippen MR) is 113 cm³/mol. The quantitative estimate of drug-likeness (QED) is 0.629. The molecule has 7 heteroatoms. The first-order valence-corrected chi connectivity index (χ1v) is 10.8. The summed E-state index contributed by atoms with van der Waals surface area (Å²) in [5.41, 5.74) is 0.749. The highest BCUT2D eigenvalue weighted by atomic mass is 35.5. The van der Waals surface area contributed by atoms with Gasteiger partial charge in [0.05, 0.1) is 15.5 Å². The summed E-state index contributed by atoms with van der Waals surface area (Å²) in [6.07, 6.45) is 0. The lowest BCUT2D eigenvalue weighted by atomic mass is 10.1. The van der Waals surface area contributed by atoms with Crippen LogP contribution in [0.4, 0.5) is 5.69 Å². The second-order valence-corrected chi connectivity index (χ2v) is 8.56. The summed E-state index contributed by atoms with van der Waals surface area (Å²) in [5, 5.41) is 4.92. The van der Waals surface area contributed by atoms with Crippen molar-refractivity contribution in [2.24, 2.45) is 0 Å². The number of nitrogens with zero attached hydrogens (tertiary/aromatic N) is 1. The van der Waals surface area contributed by atoms with Gasteiger partial charge in [-0.05, 0) is 29.7 Å². The lowest BCUT2D eigenvalue weighted by Gasteiger charge is -2.19. The van der Waals surface area contributed by atoms with Crippen molar-refractivity contribution in [2.75, 3.05) is 18.4 Å². The minimum atomic E-state index is -3.69. The molecule has 1 amide bonds. The largest absolute Gasteiger partial charge is 0.321 e. The molecule has 0 unspecified atom stereocenters. The van der Waals surface area contributed by atoms with Gasteiger partial charge >= 0.3 is 0 Å². The molecule has 0 radical (unpaired) electrons. The van der Waals surface area contributed by atoms with Crippen molar-refractivity contribution in [3.05, 3.63) is 71.2 Å². The van der Waals surface area contributed by atoms with Crippen LogP contribution >= 0.6 is 11.6 Å². The van der Waals surface area contributed by atoms with Crippen LogP contribution < -0.4 is 5.32 Å². The molecule has 3 aromatic rings. The predicted octanol–water partition coefficient (Wildman–Crippen LogP) is 4.78. The molecule has 1 N–H and O–H groups in total. The SMILES string of the molecule is CCN(CC)S(=O)(=O)c1ccc(Cl)c(C(=O)Nc2cccc3ccccc23)c1. The Kier molecular flexibility index (Phi) is 6.03. The lowest BCUT2D eigenvalue weighted by Crippen LogP contribution is -2.30. The molecule has 0 fully saturated rings. The second kappa shape index (κ2) is 8.31. The number of sulfonamides is 1. The third-order valence-corrected chi connectivity index (χ3v) is 6.94. The Bertz CT molecular complexity index is 1120. The summed E-state index contributed by atoms with van der Waals surface area (Å²) < 4.78 is 26.9. The van der Waals surface area contributed by atoms with E-state index in [4.69, 9.17) is 11.6 Å². The number of fused-ring (bicyclic) bond motifs is 1. The highest BCUT2D eigenvalue weighted by Gasteiger charge is 2.24. The number of hydrogen-bond donors (Lipinski definition) is 1. The number of nitrogens with one attached hydrogen (secondary N) is 1. The van der Waals surface area contributed by atoms with Crippen molar-refractivity contribution in [3.8, 4) is 0 Å². The van der Waals surface area contributed by atoms with Crippen molar-refractivity contribution < 1.29 is 13.2 Å². The first-order valence-electron chi connectivity index (χ1n) is 8.97. The molecule has 0 aliphatic rings. The standard InChI is InChI=1S/C21H21ClN2O3S/c1-3-24(4-2)28(26,27)16-12-13-19(22)18(14-16)21(25)23-20-11-7-9-15-8-5-6-10-17(15)20/h5-14H,3-4H2,1-2H3,(H,23,25). The Morgan fingerprint density at radius 3 is 2.39 bits per heavy atom. The van der Waals surface area contributed by atoms with E-state index < -0.39 is 15.9 Å². The maximum atomic E-state index is 12.9. The molecule has 0 aromatic heterocycles. The molecule has 3 aromatic carbocycles. The Morgan fingerprint density at radius 2 is 1.68 bits per heavy atom. The molecule has 0 aliphatic carbocycles. The summed E-state index contributed by atoms with van der Waals surface area (Å²) >= 11 is 6.20.